The van der Waals surface area contributed by atoms with Crippen LogP contribution in [0.25, 0.3) is 0 Å². The maximum absolute atomic E-state index is 13.8. The minimum atomic E-state index is -1.17. The molecule has 5 N–H and O–H groups in total. The summed E-state index contributed by atoms with van der Waals surface area (Å²) in [7, 11) is 0. The highest BCUT2D eigenvalue weighted by atomic mass is 16.6. The van der Waals surface area contributed by atoms with Crippen LogP contribution in [0.3, 0.4) is 0 Å². The average molecular weight is 509 g/mol. The van der Waals surface area contributed by atoms with Crippen LogP contribution in [-0.4, -0.2) is 68.1 Å². The standard InChI is InChI=1S/C29H48O7/c1-13(2)15-10-20(36-21(32)11-15)14(3)17-12-19(31)23-22-16(6-8-29(17,23)5)28(4)9-7-18(30)25(33)24(28)27(35)26(22)34/h13-18,20-27,30,32-35H,6-12H2,1-5H3/t14?,15-,16-,17+,18+,20-,21?,22+,23-,24+,25-,26+,27+,28+,29+/m0/s1. The molecule has 2 unspecified atom stereocenters. The molecular weight excluding hydrogens is 460 g/mol. The van der Waals surface area contributed by atoms with E-state index >= 15 is 0 Å². The van der Waals surface area contributed by atoms with Gasteiger partial charge >= 0.3 is 0 Å². The number of ketones is 1. The molecule has 7 heteroatoms. The molecule has 206 valence electrons. The number of rotatable bonds is 3. The van der Waals surface area contributed by atoms with Gasteiger partial charge in [0.15, 0.2) is 6.29 Å². The number of carbonyl (C=O) groups excluding carboxylic acids is 1. The number of ether oxygens (including phenoxy) is 1. The van der Waals surface area contributed by atoms with Crippen LogP contribution in [0.5, 0.6) is 0 Å². The summed E-state index contributed by atoms with van der Waals surface area (Å²) in [5.41, 5.74) is -0.748. The monoisotopic (exact) mass is 508 g/mol. The summed E-state index contributed by atoms with van der Waals surface area (Å²) in [6.07, 6.45) is -0.315. The summed E-state index contributed by atoms with van der Waals surface area (Å²) >= 11 is 0. The summed E-state index contributed by atoms with van der Waals surface area (Å²) in [4.78, 5) is 13.8. The largest absolute Gasteiger partial charge is 0.390 e. The highest BCUT2D eigenvalue weighted by Crippen LogP contribution is 2.67. The van der Waals surface area contributed by atoms with Gasteiger partial charge in [-0.25, -0.2) is 0 Å². The normalized spacial score (nSPS) is 56.1. The van der Waals surface area contributed by atoms with Gasteiger partial charge in [-0.1, -0.05) is 34.6 Å². The van der Waals surface area contributed by atoms with Gasteiger partial charge in [-0.05, 0) is 72.5 Å². The molecule has 36 heavy (non-hydrogen) atoms. The second-order valence-corrected chi connectivity index (χ2v) is 14.1. The van der Waals surface area contributed by atoms with Crippen molar-refractivity contribution < 1.29 is 35.1 Å². The van der Waals surface area contributed by atoms with Gasteiger partial charge in [-0.3, -0.25) is 4.79 Å². The number of carbonyl (C=O) groups is 1. The van der Waals surface area contributed by atoms with Crippen molar-refractivity contribution in [2.45, 2.75) is 116 Å². The number of hydrogen-bond acceptors (Lipinski definition) is 7. The molecule has 1 aliphatic heterocycles. The second kappa shape index (κ2) is 9.27. The van der Waals surface area contributed by atoms with Gasteiger partial charge in [-0.2, -0.15) is 0 Å². The lowest BCUT2D eigenvalue weighted by molar-refractivity contribution is -0.251. The maximum Gasteiger partial charge on any atom is 0.155 e. The predicted molar refractivity (Wildman–Crippen MR) is 133 cm³/mol. The molecule has 5 rings (SSSR count). The van der Waals surface area contributed by atoms with E-state index in [4.69, 9.17) is 4.74 Å². The van der Waals surface area contributed by atoms with E-state index in [1.165, 1.54) is 0 Å². The molecule has 0 radical (unpaired) electrons. The van der Waals surface area contributed by atoms with E-state index in [2.05, 4.69) is 34.6 Å². The van der Waals surface area contributed by atoms with E-state index in [1.807, 2.05) is 0 Å². The van der Waals surface area contributed by atoms with Crippen molar-refractivity contribution in [2.75, 3.05) is 0 Å². The molecule has 5 aliphatic rings. The van der Waals surface area contributed by atoms with Crippen molar-refractivity contribution in [3.63, 3.8) is 0 Å². The molecule has 1 heterocycles. The van der Waals surface area contributed by atoms with E-state index in [-0.39, 0.29) is 46.9 Å². The Morgan fingerprint density at radius 2 is 1.56 bits per heavy atom. The number of aliphatic hydroxyl groups is 5. The number of Topliss-reactive ketones (excluding diaryl/α,β-unsaturated/α-hetero) is 1. The van der Waals surface area contributed by atoms with Crippen molar-refractivity contribution in [2.24, 2.45) is 58.2 Å². The van der Waals surface area contributed by atoms with Gasteiger partial charge in [0.2, 0.25) is 0 Å². The maximum atomic E-state index is 13.8. The lowest BCUT2D eigenvalue weighted by Gasteiger charge is -2.64. The lowest BCUT2D eigenvalue weighted by atomic mass is 9.42. The molecule has 0 aromatic rings. The van der Waals surface area contributed by atoms with Crippen LogP contribution in [-0.2, 0) is 9.53 Å². The van der Waals surface area contributed by atoms with Crippen LogP contribution < -0.4 is 0 Å². The zero-order chi connectivity index (χ0) is 26.3. The van der Waals surface area contributed by atoms with Crippen LogP contribution >= 0.6 is 0 Å². The van der Waals surface area contributed by atoms with Crippen molar-refractivity contribution >= 4 is 5.78 Å². The molecule has 1 saturated heterocycles. The minimum Gasteiger partial charge on any atom is -0.390 e. The van der Waals surface area contributed by atoms with Crippen molar-refractivity contribution in [1.29, 1.82) is 0 Å². The Morgan fingerprint density at radius 1 is 0.889 bits per heavy atom. The fourth-order valence-corrected chi connectivity index (χ4v) is 10.1. The third-order valence-corrected chi connectivity index (χ3v) is 12.2. The Morgan fingerprint density at radius 3 is 2.22 bits per heavy atom. The summed E-state index contributed by atoms with van der Waals surface area (Å²) < 4.78 is 6.06. The summed E-state index contributed by atoms with van der Waals surface area (Å²) in [5, 5.41) is 54.3. The van der Waals surface area contributed by atoms with Gasteiger partial charge in [0, 0.05) is 30.6 Å². The number of fused-ring (bicyclic) bond motifs is 5. The molecule has 0 aromatic carbocycles. The molecule has 7 nitrogen and oxygen atoms in total. The summed E-state index contributed by atoms with van der Waals surface area (Å²) in [6, 6.07) is 0. The van der Waals surface area contributed by atoms with E-state index < -0.39 is 42.0 Å². The Kier molecular flexibility index (Phi) is 6.96. The van der Waals surface area contributed by atoms with Crippen molar-refractivity contribution in [3.05, 3.63) is 0 Å². The third-order valence-electron chi connectivity index (χ3n) is 12.2. The van der Waals surface area contributed by atoms with E-state index in [0.29, 0.717) is 37.5 Å². The number of hydrogen-bond donors (Lipinski definition) is 5. The van der Waals surface area contributed by atoms with Crippen LogP contribution in [0.1, 0.15) is 79.6 Å². The SMILES string of the molecule is CC(C)[C@@H]1CC(O)O[C@H](C(C)[C@H]2CC(=O)[C@H]3[C@@H]4[C@@H](O)[C@H](O)[C@H]5[C@@H](O)[C@H](O)CC[C@]5(C)[C@H]4CC[C@]23C)C1. The summed E-state index contributed by atoms with van der Waals surface area (Å²) in [6.45, 7) is 10.8. The van der Waals surface area contributed by atoms with Gasteiger partial charge in [0.25, 0.3) is 0 Å². The molecule has 0 spiro atoms. The first-order valence-electron chi connectivity index (χ1n) is 14.4. The van der Waals surface area contributed by atoms with Crippen LogP contribution in [0.2, 0.25) is 0 Å². The molecule has 0 amide bonds. The van der Waals surface area contributed by atoms with Gasteiger partial charge in [-0.15, -0.1) is 0 Å². The van der Waals surface area contributed by atoms with Gasteiger partial charge < -0.3 is 30.3 Å². The third kappa shape index (κ3) is 3.86. The van der Waals surface area contributed by atoms with E-state index in [9.17, 15) is 30.3 Å². The highest BCUT2D eigenvalue weighted by Gasteiger charge is 2.69. The Labute approximate surface area is 215 Å². The van der Waals surface area contributed by atoms with E-state index in [1.54, 1.807) is 0 Å². The zero-order valence-electron chi connectivity index (χ0n) is 22.6. The second-order valence-electron chi connectivity index (χ2n) is 14.1. The summed E-state index contributed by atoms with van der Waals surface area (Å²) in [5.74, 6) is -0.0824. The Bertz CT molecular complexity index is 847. The Balaban J connectivity index is 1.44. The van der Waals surface area contributed by atoms with Crippen LogP contribution in [0.4, 0.5) is 0 Å². The van der Waals surface area contributed by atoms with Crippen molar-refractivity contribution in [1.82, 2.24) is 0 Å². The molecule has 0 aromatic heterocycles. The van der Waals surface area contributed by atoms with Gasteiger partial charge in [0.05, 0.1) is 30.5 Å². The first-order valence-corrected chi connectivity index (χ1v) is 14.4. The fourth-order valence-electron chi connectivity index (χ4n) is 10.1. The Hall–Kier alpha value is -0.570. The van der Waals surface area contributed by atoms with Crippen LogP contribution in [0, 0.1) is 58.2 Å². The average Bonchev–Trinajstić information content (AvgIpc) is 3.09. The lowest BCUT2D eigenvalue weighted by Crippen LogP contribution is -2.68. The zero-order valence-corrected chi connectivity index (χ0v) is 22.6. The van der Waals surface area contributed by atoms with E-state index in [0.717, 1.165) is 19.3 Å². The first kappa shape index (κ1) is 27.0. The minimum absolute atomic E-state index is 0.0113. The molecule has 4 aliphatic carbocycles. The topological polar surface area (TPSA) is 127 Å². The molecule has 15 atom stereocenters. The van der Waals surface area contributed by atoms with Crippen LogP contribution in [0.15, 0.2) is 0 Å². The van der Waals surface area contributed by atoms with Gasteiger partial charge in [0.1, 0.15) is 5.78 Å². The molecular formula is C29H48O7. The van der Waals surface area contributed by atoms with Crippen molar-refractivity contribution in [3.8, 4) is 0 Å². The fraction of sp³-hybridized carbons (Fsp3) is 0.966. The smallest absolute Gasteiger partial charge is 0.155 e. The predicted octanol–water partition coefficient (Wildman–Crippen LogP) is 2.50. The molecule has 4 saturated carbocycles. The quantitative estimate of drug-likeness (QED) is 0.396. The molecule has 0 bridgehead atoms. The highest BCUT2D eigenvalue weighted by molar-refractivity contribution is 5.85. The number of aliphatic hydroxyl groups excluding tert-OH is 5. The first-order chi connectivity index (χ1) is 16.8. The molecule has 5 fully saturated rings.